The number of nitrogens with zero attached hydrogens (tertiary/aromatic N) is 1. The summed E-state index contributed by atoms with van der Waals surface area (Å²) in [6.07, 6.45) is 0. The van der Waals surface area contributed by atoms with Gasteiger partial charge in [-0.3, -0.25) is 4.79 Å². The summed E-state index contributed by atoms with van der Waals surface area (Å²) < 4.78 is 14.9. The van der Waals surface area contributed by atoms with Crippen molar-refractivity contribution in [1.29, 1.82) is 0 Å². The molecule has 0 saturated heterocycles. The van der Waals surface area contributed by atoms with E-state index in [4.69, 9.17) is 19.2 Å². The fraction of sp³-hybridized carbons (Fsp3) is 0.111. The molecular weight excluding hydrogens is 448 g/mol. The number of carbonyl (C=O) groups excluding carboxylic acids is 3. The fourth-order valence-corrected chi connectivity index (χ4v) is 3.66. The molecule has 4 aromatic rings. The predicted molar refractivity (Wildman–Crippen MR) is 131 cm³/mol. The van der Waals surface area contributed by atoms with Gasteiger partial charge in [0.25, 0.3) is 5.91 Å². The van der Waals surface area contributed by atoms with Crippen molar-refractivity contribution >= 4 is 34.4 Å². The molecule has 0 atom stereocenters. The van der Waals surface area contributed by atoms with E-state index in [-0.39, 0.29) is 16.8 Å². The Morgan fingerprint density at radius 1 is 0.771 bits per heavy atom. The average molecular weight is 470 g/mol. The number of amides is 1. The Kier molecular flexibility index (Phi) is 6.73. The van der Waals surface area contributed by atoms with Gasteiger partial charge in [0.2, 0.25) is 0 Å². The second-order valence-electron chi connectivity index (χ2n) is 7.50. The Labute approximate surface area is 201 Å². The molecule has 1 heterocycles. The molecule has 176 valence electrons. The maximum Gasteiger partial charge on any atom is 0.339 e. The van der Waals surface area contributed by atoms with Crippen LogP contribution in [0, 0.1) is 0 Å². The summed E-state index contributed by atoms with van der Waals surface area (Å²) in [5.41, 5.74) is 2.69. The lowest BCUT2D eigenvalue weighted by Gasteiger charge is -2.14. The first-order chi connectivity index (χ1) is 16.9. The summed E-state index contributed by atoms with van der Waals surface area (Å²) in [7, 11) is 4.06. The van der Waals surface area contributed by atoms with Crippen molar-refractivity contribution in [2.45, 2.75) is 0 Å². The van der Waals surface area contributed by atoms with Gasteiger partial charge < -0.3 is 19.5 Å². The molecule has 0 unspecified atom stereocenters. The van der Waals surface area contributed by atoms with Crippen LogP contribution in [0.2, 0.25) is 0 Å². The van der Waals surface area contributed by atoms with E-state index in [1.807, 2.05) is 42.5 Å². The summed E-state index contributed by atoms with van der Waals surface area (Å²) in [6.45, 7) is 0. The number of nitrogens with one attached hydrogen (secondary N) is 1. The quantitative estimate of drug-likeness (QED) is 0.406. The van der Waals surface area contributed by atoms with Gasteiger partial charge in [0.1, 0.15) is 5.75 Å². The number of fused-ring (bicyclic) bond motifs is 1. The van der Waals surface area contributed by atoms with Crippen molar-refractivity contribution in [3.8, 4) is 17.0 Å². The SMILES string of the molecule is COC(=O)c1ccc(C(=O)OC)c(NC(=O)c2cc(-c3cccc(OC)c3)nc3ccccc23)c1. The standard InChI is InChI=1S/C27H22N2O6/c1-33-18-8-6-7-16(13-18)23-15-21(19-9-4-5-10-22(19)28-23)25(30)29-24-14-17(26(31)34-2)11-12-20(24)27(32)35-3/h4-15H,1-3H3,(H,29,30). The van der Waals surface area contributed by atoms with Gasteiger partial charge in [-0.15, -0.1) is 0 Å². The van der Waals surface area contributed by atoms with Crippen LogP contribution in [-0.4, -0.2) is 44.2 Å². The third-order valence-electron chi connectivity index (χ3n) is 5.42. The summed E-state index contributed by atoms with van der Waals surface area (Å²) in [4.78, 5) is 42.6. The monoisotopic (exact) mass is 470 g/mol. The van der Waals surface area contributed by atoms with Crippen LogP contribution >= 0.6 is 0 Å². The molecule has 35 heavy (non-hydrogen) atoms. The van der Waals surface area contributed by atoms with E-state index in [1.165, 1.54) is 32.4 Å². The third-order valence-corrected chi connectivity index (χ3v) is 5.42. The van der Waals surface area contributed by atoms with Crippen LogP contribution in [0.15, 0.2) is 72.8 Å². The van der Waals surface area contributed by atoms with E-state index in [1.54, 1.807) is 19.2 Å². The summed E-state index contributed by atoms with van der Waals surface area (Å²) in [5, 5.41) is 3.38. The molecule has 0 aliphatic rings. The van der Waals surface area contributed by atoms with Crippen molar-refractivity contribution in [3.63, 3.8) is 0 Å². The average Bonchev–Trinajstić information content (AvgIpc) is 2.91. The second-order valence-corrected chi connectivity index (χ2v) is 7.50. The smallest absolute Gasteiger partial charge is 0.339 e. The van der Waals surface area contributed by atoms with E-state index < -0.39 is 17.8 Å². The number of carbonyl (C=O) groups is 3. The lowest BCUT2D eigenvalue weighted by molar-refractivity contribution is 0.0587. The van der Waals surface area contributed by atoms with Crippen LogP contribution < -0.4 is 10.1 Å². The molecule has 3 aromatic carbocycles. The first kappa shape index (κ1) is 23.4. The molecule has 1 N–H and O–H groups in total. The highest BCUT2D eigenvalue weighted by atomic mass is 16.5. The molecular formula is C27H22N2O6. The number of rotatable bonds is 6. The van der Waals surface area contributed by atoms with E-state index in [0.29, 0.717) is 27.9 Å². The molecule has 1 amide bonds. The van der Waals surface area contributed by atoms with Crippen LogP contribution in [0.5, 0.6) is 5.75 Å². The third kappa shape index (κ3) is 4.81. The normalized spacial score (nSPS) is 10.5. The Morgan fingerprint density at radius 2 is 1.54 bits per heavy atom. The highest BCUT2D eigenvalue weighted by Gasteiger charge is 2.20. The Morgan fingerprint density at radius 3 is 2.29 bits per heavy atom. The Hall–Kier alpha value is -4.72. The number of hydrogen-bond acceptors (Lipinski definition) is 7. The molecule has 0 fully saturated rings. The van der Waals surface area contributed by atoms with Crippen LogP contribution in [0.4, 0.5) is 5.69 Å². The number of benzene rings is 3. The Balaban J connectivity index is 1.82. The van der Waals surface area contributed by atoms with Gasteiger partial charge in [-0.2, -0.15) is 0 Å². The number of anilines is 1. The van der Waals surface area contributed by atoms with E-state index >= 15 is 0 Å². The maximum atomic E-state index is 13.5. The summed E-state index contributed by atoms with van der Waals surface area (Å²) >= 11 is 0. The zero-order valence-corrected chi connectivity index (χ0v) is 19.3. The largest absolute Gasteiger partial charge is 0.497 e. The number of hydrogen-bond donors (Lipinski definition) is 1. The summed E-state index contributed by atoms with van der Waals surface area (Å²) in [5.74, 6) is -1.09. The molecule has 4 rings (SSSR count). The minimum atomic E-state index is -0.659. The lowest BCUT2D eigenvalue weighted by Crippen LogP contribution is -2.17. The highest BCUT2D eigenvalue weighted by Crippen LogP contribution is 2.28. The molecule has 0 aliphatic carbocycles. The number of aromatic nitrogens is 1. The Bertz CT molecular complexity index is 1450. The number of esters is 2. The van der Waals surface area contributed by atoms with E-state index in [0.717, 1.165) is 5.56 Å². The van der Waals surface area contributed by atoms with Crippen LogP contribution in [-0.2, 0) is 9.47 Å². The number of para-hydroxylation sites is 1. The molecule has 8 heteroatoms. The number of methoxy groups -OCH3 is 3. The first-order valence-electron chi connectivity index (χ1n) is 10.6. The molecule has 0 bridgehead atoms. The van der Waals surface area contributed by atoms with E-state index in [2.05, 4.69) is 5.32 Å². The van der Waals surface area contributed by atoms with Gasteiger partial charge in [-0.1, -0.05) is 30.3 Å². The lowest BCUT2D eigenvalue weighted by atomic mass is 10.0. The number of pyridine rings is 1. The zero-order chi connectivity index (χ0) is 24.9. The van der Waals surface area contributed by atoms with Gasteiger partial charge in [0.15, 0.2) is 0 Å². The molecule has 8 nitrogen and oxygen atoms in total. The molecule has 0 aliphatic heterocycles. The molecule has 0 radical (unpaired) electrons. The van der Waals surface area contributed by atoms with Crippen molar-refractivity contribution < 1.29 is 28.6 Å². The van der Waals surface area contributed by atoms with Crippen molar-refractivity contribution in [2.75, 3.05) is 26.6 Å². The topological polar surface area (TPSA) is 104 Å². The first-order valence-corrected chi connectivity index (χ1v) is 10.6. The van der Waals surface area contributed by atoms with Crippen LogP contribution in [0.3, 0.4) is 0 Å². The van der Waals surface area contributed by atoms with Gasteiger partial charge in [-0.25, -0.2) is 14.6 Å². The van der Waals surface area contributed by atoms with Gasteiger partial charge in [-0.05, 0) is 42.5 Å². The minimum Gasteiger partial charge on any atom is -0.497 e. The van der Waals surface area contributed by atoms with Gasteiger partial charge >= 0.3 is 11.9 Å². The van der Waals surface area contributed by atoms with E-state index in [9.17, 15) is 14.4 Å². The van der Waals surface area contributed by atoms with Crippen molar-refractivity contribution in [3.05, 3.63) is 89.5 Å². The number of ether oxygens (including phenoxy) is 3. The fourth-order valence-electron chi connectivity index (χ4n) is 3.66. The maximum absolute atomic E-state index is 13.5. The van der Waals surface area contributed by atoms with Crippen molar-refractivity contribution in [1.82, 2.24) is 4.98 Å². The van der Waals surface area contributed by atoms with Gasteiger partial charge in [0.05, 0.1) is 54.9 Å². The zero-order valence-electron chi connectivity index (χ0n) is 19.3. The predicted octanol–water partition coefficient (Wildman–Crippen LogP) is 4.74. The molecule has 0 spiro atoms. The highest BCUT2D eigenvalue weighted by molar-refractivity contribution is 6.15. The second kappa shape index (κ2) is 10.0. The molecule has 0 saturated carbocycles. The minimum absolute atomic E-state index is 0.0971. The van der Waals surface area contributed by atoms with Crippen LogP contribution in [0.1, 0.15) is 31.1 Å². The molecule has 1 aromatic heterocycles. The van der Waals surface area contributed by atoms with Gasteiger partial charge in [0, 0.05) is 10.9 Å². The van der Waals surface area contributed by atoms with Crippen molar-refractivity contribution in [2.24, 2.45) is 0 Å². The summed E-state index contributed by atoms with van der Waals surface area (Å²) in [6, 6.07) is 20.5. The van der Waals surface area contributed by atoms with Crippen LogP contribution in [0.25, 0.3) is 22.2 Å².